The number of amides is 1. The molecule has 0 unspecified atom stereocenters. The number of nitrogens with zero attached hydrogens (tertiary/aromatic N) is 1. The predicted molar refractivity (Wildman–Crippen MR) is 88.3 cm³/mol. The molecule has 0 atom stereocenters. The molecule has 2 aromatic carbocycles. The molecule has 5 nitrogen and oxygen atoms in total. The summed E-state index contributed by atoms with van der Waals surface area (Å²) in [7, 11) is 1.43. The summed E-state index contributed by atoms with van der Waals surface area (Å²) in [6.07, 6.45) is 1.37. The van der Waals surface area contributed by atoms with Crippen molar-refractivity contribution < 1.29 is 14.6 Å². The van der Waals surface area contributed by atoms with E-state index in [0.717, 1.165) is 0 Å². The van der Waals surface area contributed by atoms with Gasteiger partial charge < -0.3 is 15.2 Å². The van der Waals surface area contributed by atoms with Crippen LogP contribution in [0.4, 0.5) is 5.69 Å². The Bertz CT molecular complexity index is 810. The van der Waals surface area contributed by atoms with Crippen LogP contribution in [-0.2, 0) is 4.79 Å². The fraction of sp³-hybridized carbons (Fsp3) is 0.0588. The second-order valence-electron chi connectivity index (χ2n) is 4.54. The maximum absolute atomic E-state index is 12.2. The van der Waals surface area contributed by atoms with E-state index in [1.54, 1.807) is 36.4 Å². The number of benzene rings is 2. The third-order valence-corrected chi connectivity index (χ3v) is 3.33. The number of para-hydroxylation sites is 1. The number of halogens is 1. The van der Waals surface area contributed by atoms with E-state index in [-0.39, 0.29) is 11.3 Å². The Morgan fingerprint density at radius 3 is 2.70 bits per heavy atom. The van der Waals surface area contributed by atoms with Gasteiger partial charge in [-0.1, -0.05) is 29.8 Å². The molecule has 1 amide bonds. The Kier molecular flexibility index (Phi) is 5.23. The summed E-state index contributed by atoms with van der Waals surface area (Å²) in [5, 5.41) is 21.9. The van der Waals surface area contributed by atoms with Crippen molar-refractivity contribution in [2.45, 2.75) is 0 Å². The van der Waals surface area contributed by atoms with Crippen molar-refractivity contribution in [3.63, 3.8) is 0 Å². The summed E-state index contributed by atoms with van der Waals surface area (Å²) in [5.74, 6) is -0.359. The normalized spacial score (nSPS) is 10.7. The van der Waals surface area contributed by atoms with E-state index in [2.05, 4.69) is 5.32 Å². The predicted octanol–water partition coefficient (Wildman–Crippen LogP) is 3.60. The van der Waals surface area contributed by atoms with Crippen LogP contribution in [0.2, 0.25) is 5.02 Å². The quantitative estimate of drug-likeness (QED) is 0.663. The van der Waals surface area contributed by atoms with Crippen LogP contribution in [0.25, 0.3) is 6.08 Å². The molecular weight excluding hydrogens is 316 g/mol. The monoisotopic (exact) mass is 328 g/mol. The fourth-order valence-corrected chi connectivity index (χ4v) is 2.05. The van der Waals surface area contributed by atoms with E-state index in [0.29, 0.717) is 22.0 Å². The highest BCUT2D eigenvalue weighted by Gasteiger charge is 2.11. The fourth-order valence-electron chi connectivity index (χ4n) is 1.86. The minimum absolute atomic E-state index is 0.0787. The Balaban J connectivity index is 2.25. The number of nitriles is 1. The van der Waals surface area contributed by atoms with Crippen molar-refractivity contribution in [3.8, 4) is 17.6 Å². The molecule has 2 aromatic rings. The van der Waals surface area contributed by atoms with Gasteiger partial charge in [0.05, 0.1) is 17.8 Å². The number of carbonyl (C=O) groups is 1. The molecule has 0 spiro atoms. The van der Waals surface area contributed by atoms with E-state index in [1.807, 2.05) is 6.07 Å². The van der Waals surface area contributed by atoms with Crippen molar-refractivity contribution >= 4 is 29.3 Å². The Labute approximate surface area is 138 Å². The molecule has 0 saturated heterocycles. The molecule has 0 aliphatic rings. The standard InChI is InChI=1S/C17H13ClN2O3/c1-23-16-7-6-11(9-15(16)21)8-12(10-19)17(22)20-14-5-3-2-4-13(14)18/h2-9,21H,1H3,(H,20,22)/b12-8-. The highest BCUT2D eigenvalue weighted by atomic mass is 35.5. The molecular formula is C17H13ClN2O3. The summed E-state index contributed by atoms with van der Waals surface area (Å²) in [6, 6.07) is 13.1. The summed E-state index contributed by atoms with van der Waals surface area (Å²) in [5.41, 5.74) is 0.793. The molecule has 0 aliphatic heterocycles. The first-order chi connectivity index (χ1) is 11.0. The van der Waals surface area contributed by atoms with Gasteiger partial charge >= 0.3 is 0 Å². The maximum atomic E-state index is 12.2. The van der Waals surface area contributed by atoms with E-state index in [9.17, 15) is 15.2 Å². The van der Waals surface area contributed by atoms with Crippen molar-refractivity contribution in [1.29, 1.82) is 5.26 Å². The van der Waals surface area contributed by atoms with E-state index < -0.39 is 5.91 Å². The third kappa shape index (κ3) is 4.02. The lowest BCUT2D eigenvalue weighted by atomic mass is 10.1. The summed E-state index contributed by atoms with van der Waals surface area (Å²) >= 11 is 5.97. The molecule has 0 bridgehead atoms. The average molecular weight is 329 g/mol. The minimum atomic E-state index is -0.587. The van der Waals surface area contributed by atoms with Gasteiger partial charge in [-0.25, -0.2) is 0 Å². The van der Waals surface area contributed by atoms with E-state index >= 15 is 0 Å². The highest BCUT2D eigenvalue weighted by molar-refractivity contribution is 6.34. The number of rotatable bonds is 4. The number of nitrogens with one attached hydrogen (secondary N) is 1. The molecule has 0 heterocycles. The summed E-state index contributed by atoms with van der Waals surface area (Å²) < 4.78 is 4.94. The Hall–Kier alpha value is -2.97. The smallest absolute Gasteiger partial charge is 0.266 e. The van der Waals surface area contributed by atoms with Crippen LogP contribution < -0.4 is 10.1 Å². The average Bonchev–Trinajstić information content (AvgIpc) is 2.54. The van der Waals surface area contributed by atoms with Gasteiger partial charge in [0.25, 0.3) is 5.91 Å². The summed E-state index contributed by atoms with van der Waals surface area (Å²) in [4.78, 5) is 12.2. The molecule has 0 fully saturated rings. The van der Waals surface area contributed by atoms with Gasteiger partial charge in [-0.3, -0.25) is 4.79 Å². The second kappa shape index (κ2) is 7.34. The van der Waals surface area contributed by atoms with Gasteiger partial charge in [0.1, 0.15) is 11.6 Å². The largest absolute Gasteiger partial charge is 0.504 e. The van der Waals surface area contributed by atoms with Gasteiger partial charge in [0.15, 0.2) is 11.5 Å². The first kappa shape index (κ1) is 16.4. The first-order valence-corrected chi connectivity index (χ1v) is 6.97. The first-order valence-electron chi connectivity index (χ1n) is 6.60. The zero-order valence-electron chi connectivity index (χ0n) is 12.2. The van der Waals surface area contributed by atoms with Gasteiger partial charge in [-0.2, -0.15) is 5.26 Å². The van der Waals surface area contributed by atoms with Gasteiger partial charge in [0.2, 0.25) is 0 Å². The van der Waals surface area contributed by atoms with Gasteiger partial charge in [-0.05, 0) is 35.9 Å². The van der Waals surface area contributed by atoms with Gasteiger partial charge in [0, 0.05) is 0 Å². The topological polar surface area (TPSA) is 82.3 Å². The molecule has 0 saturated carbocycles. The second-order valence-corrected chi connectivity index (χ2v) is 4.94. The zero-order valence-corrected chi connectivity index (χ0v) is 13.0. The molecule has 23 heavy (non-hydrogen) atoms. The van der Waals surface area contributed by atoms with Crippen LogP contribution >= 0.6 is 11.6 Å². The number of ether oxygens (including phenoxy) is 1. The van der Waals surface area contributed by atoms with Crippen LogP contribution in [0.15, 0.2) is 48.0 Å². The van der Waals surface area contributed by atoms with Crippen molar-refractivity contribution in [1.82, 2.24) is 0 Å². The van der Waals surface area contributed by atoms with Crippen LogP contribution in [0.1, 0.15) is 5.56 Å². The maximum Gasteiger partial charge on any atom is 0.266 e. The van der Waals surface area contributed by atoms with E-state index in [4.69, 9.17) is 16.3 Å². The summed E-state index contributed by atoms with van der Waals surface area (Å²) in [6.45, 7) is 0. The Morgan fingerprint density at radius 2 is 2.09 bits per heavy atom. The van der Waals surface area contributed by atoms with Crippen LogP contribution in [0.3, 0.4) is 0 Å². The zero-order chi connectivity index (χ0) is 16.8. The number of phenolic OH excluding ortho intramolecular Hbond substituents is 1. The molecule has 116 valence electrons. The lowest BCUT2D eigenvalue weighted by Crippen LogP contribution is -2.13. The lowest BCUT2D eigenvalue weighted by Gasteiger charge is -2.07. The van der Waals surface area contributed by atoms with E-state index in [1.165, 1.54) is 19.3 Å². The van der Waals surface area contributed by atoms with Crippen LogP contribution in [0.5, 0.6) is 11.5 Å². The number of hydrogen-bond acceptors (Lipinski definition) is 4. The molecule has 2 rings (SSSR count). The van der Waals surface area contributed by atoms with Crippen molar-refractivity contribution in [3.05, 3.63) is 58.6 Å². The number of anilines is 1. The van der Waals surface area contributed by atoms with Crippen molar-refractivity contribution in [2.75, 3.05) is 12.4 Å². The van der Waals surface area contributed by atoms with Crippen LogP contribution in [-0.4, -0.2) is 18.1 Å². The Morgan fingerprint density at radius 1 is 1.35 bits per heavy atom. The number of hydrogen-bond donors (Lipinski definition) is 2. The van der Waals surface area contributed by atoms with Crippen molar-refractivity contribution in [2.24, 2.45) is 0 Å². The molecule has 6 heteroatoms. The number of carbonyl (C=O) groups excluding carboxylic acids is 1. The minimum Gasteiger partial charge on any atom is -0.504 e. The number of methoxy groups -OCH3 is 1. The van der Waals surface area contributed by atoms with Gasteiger partial charge in [-0.15, -0.1) is 0 Å². The highest BCUT2D eigenvalue weighted by Crippen LogP contribution is 2.27. The molecule has 0 aliphatic carbocycles. The lowest BCUT2D eigenvalue weighted by molar-refractivity contribution is -0.112. The number of aromatic hydroxyl groups is 1. The molecule has 2 N–H and O–H groups in total. The SMILES string of the molecule is COc1ccc(/C=C(/C#N)C(=O)Nc2ccccc2Cl)cc1O. The molecule has 0 aromatic heterocycles. The third-order valence-electron chi connectivity index (χ3n) is 3.00. The van der Waals surface area contributed by atoms with Crippen LogP contribution in [0, 0.1) is 11.3 Å². The number of phenols is 1. The molecule has 0 radical (unpaired) electrons.